The van der Waals surface area contributed by atoms with Crippen molar-refractivity contribution < 1.29 is 27.5 Å². The first-order chi connectivity index (χ1) is 15.3. The molecule has 2 atom stereocenters. The smallest absolute Gasteiger partial charge is 0.422 e. The van der Waals surface area contributed by atoms with Crippen LogP contribution in [0, 0.1) is 11.8 Å². The molecule has 0 radical (unpaired) electrons. The zero-order valence-corrected chi connectivity index (χ0v) is 19.1. The Bertz CT molecular complexity index is 846. The number of fused-ring (bicyclic) bond motifs is 1. The van der Waals surface area contributed by atoms with Crippen LogP contribution in [-0.4, -0.2) is 73.7 Å². The second-order valence-corrected chi connectivity index (χ2v) is 8.54. The normalized spacial score (nSPS) is 23.5. The van der Waals surface area contributed by atoms with Gasteiger partial charge in [0.15, 0.2) is 6.61 Å². The minimum atomic E-state index is -4.38. The van der Waals surface area contributed by atoms with Crippen molar-refractivity contribution in [3.05, 3.63) is 36.4 Å². The number of hydrogen-bond donors (Lipinski definition) is 0. The van der Waals surface area contributed by atoms with E-state index in [0.717, 1.165) is 26.1 Å². The zero-order chi connectivity index (χ0) is 22.7. The summed E-state index contributed by atoms with van der Waals surface area (Å²) < 4.78 is 42.6. The maximum atomic E-state index is 12.5. The van der Waals surface area contributed by atoms with Crippen LogP contribution in [0.4, 0.5) is 18.9 Å². The number of likely N-dealkylation sites (tertiary alicyclic amines) is 1. The van der Waals surface area contributed by atoms with Gasteiger partial charge in [-0.3, -0.25) is 19.4 Å². The van der Waals surface area contributed by atoms with E-state index in [-0.39, 0.29) is 41.8 Å². The Morgan fingerprint density at radius 1 is 0.909 bits per heavy atom. The lowest BCUT2D eigenvalue weighted by atomic mass is 9.85. The van der Waals surface area contributed by atoms with Crippen molar-refractivity contribution in [1.29, 1.82) is 0 Å². The number of benzene rings is 1. The highest BCUT2D eigenvalue weighted by atomic mass is 35.5. The standard InChI is InChI=1S/C23H28F3N3O3.ClH/c24-23(25,26)16-32-20-9-4-3-8-19(20)28-14-12-27(13-15-28)10-5-11-29-21(30)17-6-1-2-7-18(17)22(29)31;/h1-4,8-9,17-18H,5-7,10-16H2;1H. The van der Waals surface area contributed by atoms with E-state index in [0.29, 0.717) is 38.2 Å². The van der Waals surface area contributed by atoms with E-state index in [1.807, 2.05) is 17.1 Å². The van der Waals surface area contributed by atoms with Gasteiger partial charge in [0.2, 0.25) is 11.8 Å². The summed E-state index contributed by atoms with van der Waals surface area (Å²) in [5, 5.41) is 0. The summed E-state index contributed by atoms with van der Waals surface area (Å²) in [7, 11) is 0. The number of para-hydroxylation sites is 2. The number of rotatable bonds is 7. The number of nitrogens with zero attached hydrogens (tertiary/aromatic N) is 3. The average Bonchev–Trinajstić information content (AvgIpc) is 3.03. The molecule has 1 aromatic carbocycles. The van der Waals surface area contributed by atoms with Crippen molar-refractivity contribution in [2.24, 2.45) is 11.8 Å². The van der Waals surface area contributed by atoms with Gasteiger partial charge < -0.3 is 9.64 Å². The summed E-state index contributed by atoms with van der Waals surface area (Å²) in [5.41, 5.74) is 0.667. The van der Waals surface area contributed by atoms with Crippen LogP contribution < -0.4 is 9.64 Å². The fourth-order valence-electron chi connectivity index (χ4n) is 4.75. The van der Waals surface area contributed by atoms with Crippen molar-refractivity contribution in [2.45, 2.75) is 25.4 Å². The van der Waals surface area contributed by atoms with E-state index in [1.54, 1.807) is 24.3 Å². The monoisotopic (exact) mass is 487 g/mol. The van der Waals surface area contributed by atoms with Crippen LogP contribution in [0.25, 0.3) is 0 Å². The molecule has 2 aliphatic heterocycles. The first-order valence-electron chi connectivity index (χ1n) is 11.1. The van der Waals surface area contributed by atoms with Gasteiger partial charge in [-0.15, -0.1) is 12.4 Å². The highest BCUT2D eigenvalue weighted by Crippen LogP contribution is 2.35. The number of anilines is 1. The molecule has 2 saturated heterocycles. The Morgan fingerprint density at radius 3 is 2.12 bits per heavy atom. The maximum absolute atomic E-state index is 12.5. The van der Waals surface area contributed by atoms with E-state index in [2.05, 4.69) is 4.90 Å². The van der Waals surface area contributed by atoms with E-state index < -0.39 is 12.8 Å². The maximum Gasteiger partial charge on any atom is 0.422 e. The lowest BCUT2D eigenvalue weighted by molar-refractivity contribution is -0.153. The van der Waals surface area contributed by atoms with E-state index in [1.165, 1.54) is 4.90 Å². The van der Waals surface area contributed by atoms with Crippen LogP contribution in [0.2, 0.25) is 0 Å². The first-order valence-corrected chi connectivity index (χ1v) is 11.1. The van der Waals surface area contributed by atoms with Crippen LogP contribution in [0.5, 0.6) is 5.75 Å². The van der Waals surface area contributed by atoms with Crippen molar-refractivity contribution in [3.63, 3.8) is 0 Å². The molecule has 4 rings (SSSR count). The Labute approximate surface area is 197 Å². The number of piperazine rings is 1. The zero-order valence-electron chi connectivity index (χ0n) is 18.3. The minimum absolute atomic E-state index is 0. The van der Waals surface area contributed by atoms with Crippen LogP contribution in [0.3, 0.4) is 0 Å². The Morgan fingerprint density at radius 2 is 1.52 bits per heavy atom. The molecule has 1 aliphatic carbocycles. The van der Waals surface area contributed by atoms with Crippen LogP contribution in [0.15, 0.2) is 36.4 Å². The van der Waals surface area contributed by atoms with Gasteiger partial charge in [-0.2, -0.15) is 13.2 Å². The predicted octanol–water partition coefficient (Wildman–Crippen LogP) is 3.51. The minimum Gasteiger partial charge on any atom is -0.482 e. The number of hydrogen-bond acceptors (Lipinski definition) is 5. The lowest BCUT2D eigenvalue weighted by Crippen LogP contribution is -2.47. The molecule has 182 valence electrons. The van der Waals surface area contributed by atoms with Crippen molar-refractivity contribution in [1.82, 2.24) is 9.80 Å². The summed E-state index contributed by atoms with van der Waals surface area (Å²) in [6.45, 7) is 2.75. The third-order valence-corrected chi connectivity index (χ3v) is 6.42. The number of halogens is 4. The number of imide groups is 1. The molecule has 33 heavy (non-hydrogen) atoms. The van der Waals surface area contributed by atoms with Gasteiger partial charge in [0.1, 0.15) is 5.75 Å². The Hall–Kier alpha value is -2.26. The van der Waals surface area contributed by atoms with Crippen molar-refractivity contribution in [3.8, 4) is 5.75 Å². The molecular weight excluding hydrogens is 459 g/mol. The summed E-state index contributed by atoms with van der Waals surface area (Å²) in [5.74, 6) is -0.207. The van der Waals surface area contributed by atoms with Gasteiger partial charge >= 0.3 is 6.18 Å². The third kappa shape index (κ3) is 6.00. The molecule has 1 aromatic rings. The molecule has 2 amide bonds. The van der Waals surface area contributed by atoms with Crippen LogP contribution >= 0.6 is 12.4 Å². The first kappa shape index (κ1) is 25.4. The molecule has 6 nitrogen and oxygen atoms in total. The van der Waals surface area contributed by atoms with Gasteiger partial charge in [-0.1, -0.05) is 24.3 Å². The predicted molar refractivity (Wildman–Crippen MR) is 121 cm³/mol. The molecule has 2 unspecified atom stereocenters. The fourth-order valence-corrected chi connectivity index (χ4v) is 4.75. The number of carbonyl (C=O) groups is 2. The Balaban J connectivity index is 0.00000306. The second kappa shape index (κ2) is 10.8. The van der Waals surface area contributed by atoms with Gasteiger partial charge in [0.05, 0.1) is 17.5 Å². The molecular formula is C23H29ClF3N3O3. The summed E-state index contributed by atoms with van der Waals surface area (Å²) in [4.78, 5) is 30.8. The molecule has 0 spiro atoms. The summed E-state index contributed by atoms with van der Waals surface area (Å²) in [6.07, 6.45) is 1.63. The van der Waals surface area contributed by atoms with E-state index >= 15 is 0 Å². The van der Waals surface area contributed by atoms with Crippen LogP contribution in [-0.2, 0) is 9.59 Å². The second-order valence-electron chi connectivity index (χ2n) is 8.54. The average molecular weight is 488 g/mol. The van der Waals surface area contributed by atoms with Crippen molar-refractivity contribution in [2.75, 3.05) is 50.8 Å². The highest BCUT2D eigenvalue weighted by Gasteiger charge is 2.46. The summed E-state index contributed by atoms with van der Waals surface area (Å²) in [6, 6.07) is 6.79. The molecule has 3 aliphatic rings. The van der Waals surface area contributed by atoms with Crippen LogP contribution in [0.1, 0.15) is 19.3 Å². The molecule has 0 aromatic heterocycles. The Kier molecular flexibility index (Phi) is 8.28. The molecule has 2 fully saturated rings. The number of amides is 2. The number of allylic oxidation sites excluding steroid dienone is 2. The van der Waals surface area contributed by atoms with E-state index in [4.69, 9.17) is 4.74 Å². The molecule has 0 bridgehead atoms. The molecule has 0 N–H and O–H groups in total. The van der Waals surface area contributed by atoms with Crippen molar-refractivity contribution >= 4 is 29.9 Å². The largest absolute Gasteiger partial charge is 0.482 e. The molecule has 10 heteroatoms. The lowest BCUT2D eigenvalue weighted by Gasteiger charge is -2.37. The topological polar surface area (TPSA) is 53.1 Å². The third-order valence-electron chi connectivity index (χ3n) is 6.42. The highest BCUT2D eigenvalue weighted by molar-refractivity contribution is 6.05. The quantitative estimate of drug-likeness (QED) is 0.435. The SMILES string of the molecule is Cl.O=C1C2CC=CCC2C(=O)N1CCCN1CCN(c2ccccc2OCC(F)(F)F)CC1. The van der Waals surface area contributed by atoms with E-state index in [9.17, 15) is 22.8 Å². The van der Waals surface area contributed by atoms with Gasteiger partial charge in [0, 0.05) is 32.7 Å². The molecule has 2 heterocycles. The summed E-state index contributed by atoms with van der Waals surface area (Å²) >= 11 is 0. The fraction of sp³-hybridized carbons (Fsp3) is 0.565. The van der Waals surface area contributed by atoms with Gasteiger partial charge in [-0.05, 0) is 37.9 Å². The molecule has 0 saturated carbocycles. The van der Waals surface area contributed by atoms with Gasteiger partial charge in [0.25, 0.3) is 0 Å². The number of ether oxygens (including phenoxy) is 1. The number of alkyl halides is 3. The van der Waals surface area contributed by atoms with Gasteiger partial charge in [-0.25, -0.2) is 0 Å². The number of carbonyl (C=O) groups excluding carboxylic acids is 2.